The highest BCUT2D eigenvalue weighted by Crippen LogP contribution is 2.16. The second-order valence-electron chi connectivity index (χ2n) is 3.70. The zero-order chi connectivity index (χ0) is 9.80. The monoisotopic (exact) mass is 188 g/mol. The third-order valence-electron chi connectivity index (χ3n) is 2.65. The SMILES string of the molecule is O=C(c1ccccc1)C1CCC[N]C1. The van der Waals surface area contributed by atoms with Crippen LogP contribution < -0.4 is 5.32 Å². The van der Waals surface area contributed by atoms with Crippen molar-refractivity contribution in [2.24, 2.45) is 5.92 Å². The van der Waals surface area contributed by atoms with E-state index >= 15 is 0 Å². The van der Waals surface area contributed by atoms with Gasteiger partial charge in [0.1, 0.15) is 0 Å². The van der Waals surface area contributed by atoms with E-state index in [1.165, 1.54) is 0 Å². The van der Waals surface area contributed by atoms with Crippen LogP contribution in [0.2, 0.25) is 0 Å². The Kier molecular flexibility index (Phi) is 2.94. The number of Topliss-reactive ketones (excluding diaryl/α,β-unsaturated/α-hetero) is 1. The van der Waals surface area contributed by atoms with Crippen LogP contribution in [0.4, 0.5) is 0 Å². The summed E-state index contributed by atoms with van der Waals surface area (Å²) in [6.45, 7) is 1.65. The molecule has 2 heteroatoms. The fourth-order valence-corrected chi connectivity index (χ4v) is 1.84. The minimum absolute atomic E-state index is 0.131. The van der Waals surface area contributed by atoms with E-state index in [0.29, 0.717) is 6.54 Å². The molecule has 1 aliphatic rings. The van der Waals surface area contributed by atoms with E-state index in [4.69, 9.17) is 0 Å². The Balaban J connectivity index is 2.07. The van der Waals surface area contributed by atoms with E-state index in [2.05, 4.69) is 5.32 Å². The van der Waals surface area contributed by atoms with Gasteiger partial charge in [0.2, 0.25) is 0 Å². The number of ketones is 1. The van der Waals surface area contributed by atoms with Crippen LogP contribution in [0.3, 0.4) is 0 Å². The summed E-state index contributed by atoms with van der Waals surface area (Å²) in [5.41, 5.74) is 0.828. The molecule has 14 heavy (non-hydrogen) atoms. The number of rotatable bonds is 2. The second kappa shape index (κ2) is 4.38. The molecule has 1 fully saturated rings. The van der Waals surface area contributed by atoms with Crippen molar-refractivity contribution >= 4 is 5.78 Å². The molecule has 0 bridgehead atoms. The number of nitrogens with zero attached hydrogens (tertiary/aromatic N) is 1. The Morgan fingerprint density at radius 1 is 1.29 bits per heavy atom. The zero-order valence-corrected chi connectivity index (χ0v) is 8.15. The first-order valence-corrected chi connectivity index (χ1v) is 5.10. The van der Waals surface area contributed by atoms with Crippen LogP contribution in [0.15, 0.2) is 30.3 Å². The Bertz CT molecular complexity index is 301. The zero-order valence-electron chi connectivity index (χ0n) is 8.15. The van der Waals surface area contributed by atoms with Crippen LogP contribution in [0.1, 0.15) is 23.2 Å². The summed E-state index contributed by atoms with van der Waals surface area (Å²) in [7, 11) is 0. The fraction of sp³-hybridized carbons (Fsp3) is 0.417. The topological polar surface area (TPSA) is 31.2 Å². The van der Waals surface area contributed by atoms with E-state index in [1.54, 1.807) is 0 Å². The van der Waals surface area contributed by atoms with Crippen molar-refractivity contribution in [1.82, 2.24) is 5.32 Å². The maximum Gasteiger partial charge on any atom is 0.167 e. The first kappa shape index (κ1) is 9.41. The van der Waals surface area contributed by atoms with Gasteiger partial charge in [-0.15, -0.1) is 0 Å². The summed E-state index contributed by atoms with van der Waals surface area (Å²) in [5.74, 6) is 0.389. The van der Waals surface area contributed by atoms with Crippen LogP contribution in [0, 0.1) is 5.92 Å². The average molecular weight is 188 g/mol. The first-order chi connectivity index (χ1) is 6.88. The van der Waals surface area contributed by atoms with Gasteiger partial charge in [-0.1, -0.05) is 30.3 Å². The molecular formula is C12H14NO. The van der Waals surface area contributed by atoms with Gasteiger partial charge in [0.15, 0.2) is 5.78 Å². The van der Waals surface area contributed by atoms with Gasteiger partial charge in [0, 0.05) is 24.6 Å². The number of piperidine rings is 1. The van der Waals surface area contributed by atoms with Crippen molar-refractivity contribution < 1.29 is 4.79 Å². The molecule has 73 valence electrons. The lowest BCUT2D eigenvalue weighted by Crippen LogP contribution is -2.30. The van der Waals surface area contributed by atoms with Crippen LogP contribution in [-0.2, 0) is 0 Å². The molecule has 0 saturated carbocycles. The van der Waals surface area contributed by atoms with Crippen molar-refractivity contribution in [3.63, 3.8) is 0 Å². The van der Waals surface area contributed by atoms with Crippen molar-refractivity contribution in [3.8, 4) is 0 Å². The van der Waals surface area contributed by atoms with Crippen LogP contribution in [-0.4, -0.2) is 18.9 Å². The highest BCUT2D eigenvalue weighted by atomic mass is 16.1. The smallest absolute Gasteiger partial charge is 0.167 e. The highest BCUT2D eigenvalue weighted by Gasteiger charge is 2.22. The summed E-state index contributed by atoms with van der Waals surface area (Å²) in [6.07, 6.45) is 2.06. The second-order valence-corrected chi connectivity index (χ2v) is 3.70. The molecule has 0 aromatic heterocycles. The first-order valence-electron chi connectivity index (χ1n) is 5.10. The fourth-order valence-electron chi connectivity index (χ4n) is 1.84. The minimum Gasteiger partial charge on any atom is -0.294 e. The molecule has 1 saturated heterocycles. The summed E-state index contributed by atoms with van der Waals surface area (Å²) < 4.78 is 0. The number of carbonyl (C=O) groups is 1. The molecule has 1 radical (unpaired) electrons. The van der Waals surface area contributed by atoms with Gasteiger partial charge in [0.05, 0.1) is 0 Å². The Morgan fingerprint density at radius 2 is 2.07 bits per heavy atom. The van der Waals surface area contributed by atoms with Gasteiger partial charge in [-0.2, -0.15) is 0 Å². The summed E-state index contributed by atoms with van der Waals surface area (Å²) in [4.78, 5) is 11.9. The molecule has 1 heterocycles. The molecule has 0 aliphatic carbocycles. The largest absolute Gasteiger partial charge is 0.294 e. The number of hydrogen-bond donors (Lipinski definition) is 0. The standard InChI is InChI=1S/C12H14NO/c14-12(10-5-2-1-3-6-10)11-7-4-8-13-9-11/h1-3,5-6,11H,4,7-9H2. The third-order valence-corrected chi connectivity index (χ3v) is 2.65. The molecule has 0 N–H and O–H groups in total. The normalized spacial score (nSPS) is 21.9. The van der Waals surface area contributed by atoms with Crippen LogP contribution in [0.25, 0.3) is 0 Å². The highest BCUT2D eigenvalue weighted by molar-refractivity contribution is 5.98. The molecule has 0 amide bonds. The van der Waals surface area contributed by atoms with Crippen molar-refractivity contribution in [1.29, 1.82) is 0 Å². The predicted octanol–water partition coefficient (Wildman–Crippen LogP) is 1.88. The Hall–Kier alpha value is -1.15. The summed E-state index contributed by atoms with van der Waals surface area (Å²) >= 11 is 0. The van der Waals surface area contributed by atoms with E-state index < -0.39 is 0 Å². The Morgan fingerprint density at radius 3 is 2.71 bits per heavy atom. The molecule has 2 nitrogen and oxygen atoms in total. The molecule has 1 aromatic carbocycles. The quantitative estimate of drug-likeness (QED) is 0.652. The molecule has 0 spiro atoms. The van der Waals surface area contributed by atoms with Gasteiger partial charge < -0.3 is 0 Å². The molecule has 2 rings (SSSR count). The molecular weight excluding hydrogens is 174 g/mol. The number of carbonyl (C=O) groups excluding carboxylic acids is 1. The number of benzene rings is 1. The van der Waals surface area contributed by atoms with Gasteiger partial charge in [-0.05, 0) is 12.8 Å². The van der Waals surface area contributed by atoms with Crippen molar-refractivity contribution in [2.45, 2.75) is 12.8 Å². The molecule has 1 unspecified atom stereocenters. The minimum atomic E-state index is 0.131. The molecule has 1 aliphatic heterocycles. The average Bonchev–Trinajstić information content (AvgIpc) is 2.30. The van der Waals surface area contributed by atoms with E-state index in [-0.39, 0.29) is 11.7 Å². The van der Waals surface area contributed by atoms with Gasteiger partial charge >= 0.3 is 0 Å². The predicted molar refractivity (Wildman–Crippen MR) is 55.4 cm³/mol. The van der Waals surface area contributed by atoms with Gasteiger partial charge in [-0.25, -0.2) is 5.32 Å². The lowest BCUT2D eigenvalue weighted by Gasteiger charge is -2.20. The summed E-state index contributed by atoms with van der Waals surface area (Å²) in [6, 6.07) is 9.52. The van der Waals surface area contributed by atoms with Gasteiger partial charge in [0.25, 0.3) is 0 Å². The summed E-state index contributed by atoms with van der Waals surface area (Å²) in [5, 5.41) is 4.28. The van der Waals surface area contributed by atoms with E-state index in [0.717, 1.165) is 24.9 Å². The van der Waals surface area contributed by atoms with Crippen molar-refractivity contribution in [3.05, 3.63) is 35.9 Å². The van der Waals surface area contributed by atoms with Gasteiger partial charge in [-0.3, -0.25) is 4.79 Å². The maximum absolute atomic E-state index is 11.9. The van der Waals surface area contributed by atoms with Crippen LogP contribution >= 0.6 is 0 Å². The maximum atomic E-state index is 11.9. The number of hydrogen-bond acceptors (Lipinski definition) is 1. The van der Waals surface area contributed by atoms with Crippen LogP contribution in [0.5, 0.6) is 0 Å². The van der Waals surface area contributed by atoms with Crippen molar-refractivity contribution in [2.75, 3.05) is 13.1 Å². The lowest BCUT2D eigenvalue weighted by molar-refractivity contribution is 0.0898. The molecule has 1 aromatic rings. The Labute approximate surface area is 84.3 Å². The van der Waals surface area contributed by atoms with E-state index in [1.807, 2.05) is 30.3 Å². The third kappa shape index (κ3) is 2.02. The lowest BCUT2D eigenvalue weighted by atomic mass is 9.91. The molecule has 1 atom stereocenters. The van der Waals surface area contributed by atoms with E-state index in [9.17, 15) is 4.79 Å².